The van der Waals surface area contributed by atoms with E-state index in [9.17, 15) is 4.79 Å². The van der Waals surface area contributed by atoms with E-state index in [1.54, 1.807) is 7.05 Å². The van der Waals surface area contributed by atoms with Gasteiger partial charge in [-0.3, -0.25) is 9.63 Å². The monoisotopic (exact) mass is 280 g/mol. The van der Waals surface area contributed by atoms with Gasteiger partial charge in [-0.2, -0.15) is 0 Å². The lowest BCUT2D eigenvalue weighted by Gasteiger charge is -2.16. The number of rotatable bonds is 3. The van der Waals surface area contributed by atoms with E-state index in [0.29, 0.717) is 17.3 Å². The summed E-state index contributed by atoms with van der Waals surface area (Å²) in [5.74, 6) is -0.158. The van der Waals surface area contributed by atoms with Crippen molar-refractivity contribution in [2.24, 2.45) is 0 Å². The number of aromatic nitrogens is 1. The molecule has 4 nitrogen and oxygen atoms in total. The lowest BCUT2D eigenvalue weighted by molar-refractivity contribution is -0.0763. The molecule has 5 heteroatoms. The molecule has 0 aliphatic heterocycles. The van der Waals surface area contributed by atoms with Gasteiger partial charge in [-0.1, -0.05) is 11.6 Å². The summed E-state index contributed by atoms with van der Waals surface area (Å²) < 4.78 is 1.98. The number of fused-ring (bicyclic) bond motifs is 1. The van der Waals surface area contributed by atoms with Crippen LogP contribution in [0.1, 0.15) is 23.0 Å². The zero-order valence-corrected chi connectivity index (χ0v) is 12.3. The van der Waals surface area contributed by atoms with E-state index in [1.807, 2.05) is 36.6 Å². The highest BCUT2D eigenvalue weighted by atomic mass is 35.5. The third-order valence-corrected chi connectivity index (χ3v) is 3.59. The Balaban J connectivity index is 2.73. The average molecular weight is 281 g/mol. The van der Waals surface area contributed by atoms with Gasteiger partial charge in [0.25, 0.3) is 5.91 Å². The van der Waals surface area contributed by atoms with Gasteiger partial charge in [0.15, 0.2) is 0 Å². The largest absolute Gasteiger partial charge is 0.336 e. The molecule has 0 saturated heterocycles. The van der Waals surface area contributed by atoms with E-state index in [1.165, 1.54) is 12.2 Å². The van der Waals surface area contributed by atoms with Crippen LogP contribution in [0.5, 0.6) is 0 Å². The van der Waals surface area contributed by atoms with Crippen LogP contribution in [0.25, 0.3) is 10.9 Å². The molecule has 2 rings (SSSR count). The van der Waals surface area contributed by atoms with Crippen molar-refractivity contribution in [2.45, 2.75) is 20.4 Å². The maximum atomic E-state index is 12.4. The molecule has 0 radical (unpaired) electrons. The van der Waals surface area contributed by atoms with Gasteiger partial charge in [-0.25, -0.2) is 5.06 Å². The summed E-state index contributed by atoms with van der Waals surface area (Å²) >= 11 is 6.04. The molecule has 102 valence electrons. The molecule has 1 heterocycles. The lowest BCUT2D eigenvalue weighted by Crippen LogP contribution is -2.28. The van der Waals surface area contributed by atoms with Crippen LogP contribution >= 0.6 is 11.6 Å². The number of aryl methyl sites for hydroxylation is 2. The molecule has 0 unspecified atom stereocenters. The molecule has 0 N–H and O–H groups in total. The quantitative estimate of drug-likeness (QED) is 0.809. The van der Waals surface area contributed by atoms with Gasteiger partial charge in [-0.15, -0.1) is 0 Å². The van der Waals surface area contributed by atoms with Crippen molar-refractivity contribution < 1.29 is 9.63 Å². The van der Waals surface area contributed by atoms with Gasteiger partial charge in [0.1, 0.15) is 5.69 Å². The van der Waals surface area contributed by atoms with Crippen molar-refractivity contribution in [3.63, 3.8) is 0 Å². The summed E-state index contributed by atoms with van der Waals surface area (Å²) in [6.07, 6.45) is 0. The maximum Gasteiger partial charge on any atom is 0.294 e. The number of amides is 1. The Bertz CT molecular complexity index is 634. The summed E-state index contributed by atoms with van der Waals surface area (Å²) in [4.78, 5) is 17.4. The highest BCUT2D eigenvalue weighted by molar-refractivity contribution is 6.31. The second-order valence-electron chi connectivity index (χ2n) is 4.36. The molecule has 0 fully saturated rings. The van der Waals surface area contributed by atoms with Crippen LogP contribution in [-0.2, 0) is 11.4 Å². The number of hydroxylamine groups is 2. The van der Waals surface area contributed by atoms with Gasteiger partial charge < -0.3 is 4.57 Å². The van der Waals surface area contributed by atoms with E-state index in [0.717, 1.165) is 16.5 Å². The topological polar surface area (TPSA) is 34.5 Å². The van der Waals surface area contributed by atoms with E-state index in [-0.39, 0.29) is 5.91 Å². The van der Waals surface area contributed by atoms with Crippen molar-refractivity contribution in [1.82, 2.24) is 9.63 Å². The molecule has 0 aliphatic carbocycles. The van der Waals surface area contributed by atoms with Crippen LogP contribution in [0.15, 0.2) is 18.2 Å². The molecule has 1 amide bonds. The predicted molar refractivity (Wildman–Crippen MR) is 76.5 cm³/mol. The third kappa shape index (κ3) is 2.22. The fourth-order valence-electron chi connectivity index (χ4n) is 2.33. The first-order chi connectivity index (χ1) is 9.01. The summed E-state index contributed by atoms with van der Waals surface area (Å²) in [7, 11) is 3.08. The molecule has 1 aromatic carbocycles. The number of carbonyl (C=O) groups excluding carboxylic acids is 1. The summed E-state index contributed by atoms with van der Waals surface area (Å²) in [6, 6.07) is 5.67. The zero-order valence-electron chi connectivity index (χ0n) is 11.5. The van der Waals surface area contributed by atoms with E-state index >= 15 is 0 Å². The minimum Gasteiger partial charge on any atom is -0.336 e. The van der Waals surface area contributed by atoms with Gasteiger partial charge >= 0.3 is 0 Å². The van der Waals surface area contributed by atoms with Crippen LogP contribution in [0.4, 0.5) is 0 Å². The van der Waals surface area contributed by atoms with E-state index in [2.05, 4.69) is 0 Å². The number of nitrogens with zero attached hydrogens (tertiary/aromatic N) is 2. The minimum absolute atomic E-state index is 0.158. The number of hydrogen-bond donors (Lipinski definition) is 0. The van der Waals surface area contributed by atoms with Gasteiger partial charge in [0, 0.05) is 29.5 Å². The van der Waals surface area contributed by atoms with E-state index < -0.39 is 0 Å². The third-order valence-electron chi connectivity index (χ3n) is 3.36. The number of halogens is 1. The Morgan fingerprint density at radius 3 is 2.74 bits per heavy atom. The maximum absolute atomic E-state index is 12.4. The molecular formula is C14H17ClN2O2. The minimum atomic E-state index is -0.158. The fourth-order valence-corrected chi connectivity index (χ4v) is 2.50. The Hall–Kier alpha value is -1.52. The number of carbonyl (C=O) groups is 1. The normalized spacial score (nSPS) is 11.0. The van der Waals surface area contributed by atoms with Gasteiger partial charge in [-0.05, 0) is 37.6 Å². The first kappa shape index (κ1) is 13.9. The number of hydrogen-bond acceptors (Lipinski definition) is 2. The fraction of sp³-hybridized carbons (Fsp3) is 0.357. The first-order valence-corrected chi connectivity index (χ1v) is 6.49. The Morgan fingerprint density at radius 2 is 2.16 bits per heavy atom. The molecule has 1 aromatic heterocycles. The van der Waals surface area contributed by atoms with Crippen molar-refractivity contribution in [1.29, 1.82) is 0 Å². The summed E-state index contributed by atoms with van der Waals surface area (Å²) in [5.41, 5.74) is 2.58. The van der Waals surface area contributed by atoms with Crippen LogP contribution in [-0.4, -0.2) is 29.7 Å². The second-order valence-corrected chi connectivity index (χ2v) is 4.80. The Kier molecular flexibility index (Phi) is 3.83. The zero-order chi connectivity index (χ0) is 14.2. The van der Waals surface area contributed by atoms with Crippen molar-refractivity contribution in [2.75, 3.05) is 14.2 Å². The van der Waals surface area contributed by atoms with Crippen LogP contribution in [0.2, 0.25) is 5.02 Å². The van der Waals surface area contributed by atoms with E-state index in [4.69, 9.17) is 16.4 Å². The Morgan fingerprint density at radius 1 is 1.47 bits per heavy atom. The standard InChI is InChI=1S/C14H17ClN2O2/c1-5-17-12-7-6-10(15)8-11(12)9(2)13(17)14(18)16(3)19-4/h6-8H,5H2,1-4H3. The highest BCUT2D eigenvalue weighted by Crippen LogP contribution is 2.29. The second kappa shape index (κ2) is 5.23. The van der Waals surface area contributed by atoms with Gasteiger partial charge in [0.2, 0.25) is 0 Å². The molecule has 19 heavy (non-hydrogen) atoms. The summed E-state index contributed by atoms with van der Waals surface area (Å²) in [6.45, 7) is 4.66. The predicted octanol–water partition coefficient (Wildman–Crippen LogP) is 3.26. The summed E-state index contributed by atoms with van der Waals surface area (Å²) in [5, 5.41) is 2.90. The highest BCUT2D eigenvalue weighted by Gasteiger charge is 2.22. The van der Waals surface area contributed by atoms with Crippen LogP contribution in [0, 0.1) is 6.92 Å². The molecule has 0 aliphatic rings. The molecule has 0 spiro atoms. The smallest absolute Gasteiger partial charge is 0.294 e. The van der Waals surface area contributed by atoms with Crippen LogP contribution in [0.3, 0.4) is 0 Å². The number of benzene rings is 1. The van der Waals surface area contributed by atoms with Crippen molar-refractivity contribution in [3.8, 4) is 0 Å². The molecule has 2 aromatic rings. The van der Waals surface area contributed by atoms with Crippen LogP contribution < -0.4 is 0 Å². The molecule has 0 atom stereocenters. The Labute approximate surface area is 117 Å². The average Bonchev–Trinajstić information content (AvgIpc) is 2.69. The lowest BCUT2D eigenvalue weighted by atomic mass is 10.1. The molecular weight excluding hydrogens is 264 g/mol. The molecule has 0 bridgehead atoms. The van der Waals surface area contributed by atoms with Crippen molar-refractivity contribution in [3.05, 3.63) is 34.5 Å². The van der Waals surface area contributed by atoms with Gasteiger partial charge in [0.05, 0.1) is 7.11 Å². The SMILES string of the molecule is CCn1c(C(=O)N(C)OC)c(C)c2cc(Cl)ccc21. The van der Waals surface area contributed by atoms with Crippen molar-refractivity contribution >= 4 is 28.4 Å². The molecule has 0 saturated carbocycles. The first-order valence-electron chi connectivity index (χ1n) is 6.11.